The van der Waals surface area contributed by atoms with Crippen LogP contribution in [0.1, 0.15) is 18.9 Å². The number of nitrogens with zero attached hydrogens (tertiary/aromatic N) is 1. The minimum atomic E-state index is 0.588. The van der Waals surface area contributed by atoms with Crippen LogP contribution in [0.15, 0.2) is 24.5 Å². The van der Waals surface area contributed by atoms with Gasteiger partial charge in [-0.1, -0.05) is 6.07 Å². The van der Waals surface area contributed by atoms with Gasteiger partial charge >= 0.3 is 0 Å². The summed E-state index contributed by atoms with van der Waals surface area (Å²) >= 11 is 0. The molecule has 1 heterocycles. The zero-order valence-corrected chi connectivity index (χ0v) is 7.75. The van der Waals surface area contributed by atoms with E-state index in [2.05, 4.69) is 23.3 Å². The van der Waals surface area contributed by atoms with Gasteiger partial charge in [-0.05, 0) is 38.4 Å². The molecule has 0 saturated carbocycles. The number of pyridine rings is 1. The van der Waals surface area contributed by atoms with Crippen LogP contribution in [0.3, 0.4) is 0 Å². The molecule has 0 aliphatic carbocycles. The molecule has 1 rings (SSSR count). The number of nitrogens with one attached hydrogen (secondary N) is 1. The lowest BCUT2D eigenvalue weighted by Crippen LogP contribution is -2.21. The molecular formula is C10H16N2. The standard InChI is InChI=1S/C10H16N2/c1-9(11-2)5-6-10-4-3-7-12-8-10/h3-4,7-9,11H,5-6H2,1-2H3/t9-/m1/s1. The maximum atomic E-state index is 4.07. The average Bonchev–Trinajstić information content (AvgIpc) is 2.16. The molecule has 1 aromatic rings. The van der Waals surface area contributed by atoms with Gasteiger partial charge in [-0.25, -0.2) is 0 Å². The summed E-state index contributed by atoms with van der Waals surface area (Å²) in [5.74, 6) is 0. The Hall–Kier alpha value is -0.890. The van der Waals surface area contributed by atoms with Crippen molar-refractivity contribution in [2.75, 3.05) is 7.05 Å². The minimum Gasteiger partial charge on any atom is -0.317 e. The van der Waals surface area contributed by atoms with E-state index >= 15 is 0 Å². The Morgan fingerprint density at radius 2 is 2.42 bits per heavy atom. The number of hydrogen-bond acceptors (Lipinski definition) is 2. The first-order valence-electron chi connectivity index (χ1n) is 4.39. The largest absolute Gasteiger partial charge is 0.317 e. The first-order chi connectivity index (χ1) is 5.83. The van der Waals surface area contributed by atoms with Gasteiger partial charge in [-0.3, -0.25) is 4.98 Å². The summed E-state index contributed by atoms with van der Waals surface area (Å²) in [7, 11) is 1.99. The molecule has 0 aromatic carbocycles. The highest BCUT2D eigenvalue weighted by Gasteiger charge is 1.98. The van der Waals surface area contributed by atoms with E-state index in [1.807, 2.05) is 25.5 Å². The fourth-order valence-corrected chi connectivity index (χ4v) is 1.07. The summed E-state index contributed by atoms with van der Waals surface area (Å²) in [6.45, 7) is 2.19. The highest BCUT2D eigenvalue weighted by molar-refractivity contribution is 5.08. The van der Waals surface area contributed by atoms with Gasteiger partial charge in [-0.2, -0.15) is 0 Å². The molecule has 12 heavy (non-hydrogen) atoms. The van der Waals surface area contributed by atoms with Gasteiger partial charge in [0.25, 0.3) is 0 Å². The van der Waals surface area contributed by atoms with Crippen molar-refractivity contribution in [3.05, 3.63) is 30.1 Å². The van der Waals surface area contributed by atoms with Crippen LogP contribution in [-0.4, -0.2) is 18.1 Å². The second-order valence-electron chi connectivity index (χ2n) is 3.09. The van der Waals surface area contributed by atoms with Crippen molar-refractivity contribution in [1.29, 1.82) is 0 Å². The van der Waals surface area contributed by atoms with Crippen LogP contribution in [0.5, 0.6) is 0 Å². The third-order valence-electron chi connectivity index (χ3n) is 2.08. The Bertz CT molecular complexity index is 208. The first-order valence-corrected chi connectivity index (χ1v) is 4.39. The van der Waals surface area contributed by atoms with Crippen LogP contribution in [0, 0.1) is 0 Å². The van der Waals surface area contributed by atoms with Gasteiger partial charge in [0.2, 0.25) is 0 Å². The zero-order valence-electron chi connectivity index (χ0n) is 7.75. The molecule has 0 saturated heterocycles. The number of hydrogen-bond donors (Lipinski definition) is 1. The topological polar surface area (TPSA) is 24.9 Å². The molecule has 2 nitrogen and oxygen atoms in total. The molecule has 0 unspecified atom stereocenters. The molecule has 1 aromatic heterocycles. The second-order valence-corrected chi connectivity index (χ2v) is 3.09. The Morgan fingerprint density at radius 3 is 3.00 bits per heavy atom. The molecule has 1 atom stereocenters. The maximum Gasteiger partial charge on any atom is 0.0299 e. The van der Waals surface area contributed by atoms with E-state index in [1.54, 1.807) is 0 Å². The minimum absolute atomic E-state index is 0.588. The molecule has 1 N–H and O–H groups in total. The predicted molar refractivity (Wildman–Crippen MR) is 51.1 cm³/mol. The molecule has 66 valence electrons. The lowest BCUT2D eigenvalue weighted by molar-refractivity contribution is 0.565. The third kappa shape index (κ3) is 3.01. The normalized spacial score (nSPS) is 12.8. The Labute approximate surface area is 74.0 Å². The van der Waals surface area contributed by atoms with Gasteiger partial charge in [0.1, 0.15) is 0 Å². The predicted octanol–water partition coefficient (Wildman–Crippen LogP) is 1.62. The van der Waals surface area contributed by atoms with E-state index in [9.17, 15) is 0 Å². The highest BCUT2D eigenvalue weighted by atomic mass is 14.8. The van der Waals surface area contributed by atoms with Crippen molar-refractivity contribution in [3.63, 3.8) is 0 Å². The summed E-state index contributed by atoms with van der Waals surface area (Å²) in [4.78, 5) is 4.07. The molecule has 0 aliphatic heterocycles. The average molecular weight is 164 g/mol. The molecule has 2 heteroatoms. The van der Waals surface area contributed by atoms with E-state index in [4.69, 9.17) is 0 Å². The molecule has 0 aliphatic rings. The molecule has 0 radical (unpaired) electrons. The first kappa shape index (κ1) is 9.20. The quantitative estimate of drug-likeness (QED) is 0.731. The van der Waals surface area contributed by atoms with Gasteiger partial charge in [0.05, 0.1) is 0 Å². The second kappa shape index (κ2) is 4.88. The number of rotatable bonds is 4. The zero-order chi connectivity index (χ0) is 8.81. The van der Waals surface area contributed by atoms with Crippen molar-refractivity contribution in [2.45, 2.75) is 25.8 Å². The molecule has 0 bridgehead atoms. The number of aromatic nitrogens is 1. The van der Waals surface area contributed by atoms with Crippen LogP contribution in [0.2, 0.25) is 0 Å². The Kier molecular flexibility index (Phi) is 3.74. The van der Waals surface area contributed by atoms with Gasteiger partial charge in [-0.15, -0.1) is 0 Å². The van der Waals surface area contributed by atoms with Crippen LogP contribution in [-0.2, 0) is 6.42 Å². The van der Waals surface area contributed by atoms with Crippen molar-refractivity contribution in [1.82, 2.24) is 10.3 Å². The van der Waals surface area contributed by atoms with Crippen LogP contribution in [0.25, 0.3) is 0 Å². The van der Waals surface area contributed by atoms with Gasteiger partial charge < -0.3 is 5.32 Å². The fourth-order valence-electron chi connectivity index (χ4n) is 1.07. The summed E-state index contributed by atoms with van der Waals surface area (Å²) in [5.41, 5.74) is 1.32. The SMILES string of the molecule is CN[C@H](C)CCc1cccnc1. The monoisotopic (exact) mass is 164 g/mol. The van der Waals surface area contributed by atoms with Crippen LogP contribution >= 0.6 is 0 Å². The summed E-state index contributed by atoms with van der Waals surface area (Å²) < 4.78 is 0. The van der Waals surface area contributed by atoms with Crippen LogP contribution < -0.4 is 5.32 Å². The molecule has 0 spiro atoms. The lowest BCUT2D eigenvalue weighted by Gasteiger charge is -2.08. The van der Waals surface area contributed by atoms with Crippen molar-refractivity contribution in [2.24, 2.45) is 0 Å². The summed E-state index contributed by atoms with van der Waals surface area (Å²) in [6, 6.07) is 4.69. The number of aryl methyl sites for hydroxylation is 1. The summed E-state index contributed by atoms with van der Waals surface area (Å²) in [6.07, 6.45) is 6.02. The molecule has 0 fully saturated rings. The Morgan fingerprint density at radius 1 is 1.58 bits per heavy atom. The van der Waals surface area contributed by atoms with Crippen LogP contribution in [0.4, 0.5) is 0 Å². The van der Waals surface area contributed by atoms with E-state index in [1.165, 1.54) is 12.0 Å². The van der Waals surface area contributed by atoms with Crippen molar-refractivity contribution >= 4 is 0 Å². The maximum absolute atomic E-state index is 4.07. The smallest absolute Gasteiger partial charge is 0.0299 e. The van der Waals surface area contributed by atoms with E-state index in [-0.39, 0.29) is 0 Å². The van der Waals surface area contributed by atoms with E-state index in [0.29, 0.717) is 6.04 Å². The molecule has 0 amide bonds. The fraction of sp³-hybridized carbons (Fsp3) is 0.500. The van der Waals surface area contributed by atoms with E-state index < -0.39 is 0 Å². The van der Waals surface area contributed by atoms with E-state index in [0.717, 1.165) is 6.42 Å². The van der Waals surface area contributed by atoms with Gasteiger partial charge in [0, 0.05) is 18.4 Å². The molecular weight excluding hydrogens is 148 g/mol. The van der Waals surface area contributed by atoms with Crippen molar-refractivity contribution < 1.29 is 0 Å². The Balaban J connectivity index is 2.33. The third-order valence-corrected chi connectivity index (χ3v) is 2.08. The van der Waals surface area contributed by atoms with Crippen molar-refractivity contribution in [3.8, 4) is 0 Å². The lowest BCUT2D eigenvalue weighted by atomic mass is 10.1. The summed E-state index contributed by atoms with van der Waals surface area (Å²) in [5, 5.41) is 3.21. The van der Waals surface area contributed by atoms with Gasteiger partial charge in [0.15, 0.2) is 0 Å². The highest BCUT2D eigenvalue weighted by Crippen LogP contribution is 2.02.